The topological polar surface area (TPSA) is 18.5 Å². The quantitative estimate of drug-likeness (QED) is 0.642. The molecule has 0 N–H and O–H groups in total. The Labute approximate surface area is 104 Å². The summed E-state index contributed by atoms with van der Waals surface area (Å²) in [4.78, 5) is 0. The molecule has 1 aromatic carbocycles. The van der Waals surface area contributed by atoms with Gasteiger partial charge in [-0.2, -0.15) is 0 Å². The molecule has 2 nitrogen and oxygen atoms in total. The Morgan fingerprint density at radius 1 is 1.06 bits per heavy atom. The van der Waals surface area contributed by atoms with E-state index in [0.717, 1.165) is 32.3 Å². The number of rotatable bonds is 8. The summed E-state index contributed by atoms with van der Waals surface area (Å²) in [6.07, 6.45) is 5.12. The molecule has 2 heteroatoms. The maximum absolute atomic E-state index is 5.64. The summed E-state index contributed by atoms with van der Waals surface area (Å²) in [6.45, 7) is 3.61. The number of benzene rings is 1. The normalized spacial score (nSPS) is 15.8. The molecule has 0 aromatic heterocycles. The van der Waals surface area contributed by atoms with Crippen LogP contribution in [-0.2, 0) is 16.1 Å². The van der Waals surface area contributed by atoms with E-state index >= 15 is 0 Å². The Kier molecular flexibility index (Phi) is 5.53. The van der Waals surface area contributed by atoms with Crippen LogP contribution in [0.2, 0.25) is 0 Å². The lowest BCUT2D eigenvalue weighted by Gasteiger charge is -2.25. The molecule has 0 radical (unpaired) electrons. The van der Waals surface area contributed by atoms with Gasteiger partial charge in [0.2, 0.25) is 0 Å². The van der Waals surface area contributed by atoms with E-state index in [2.05, 4.69) is 24.3 Å². The molecule has 0 atom stereocenters. The zero-order valence-electron chi connectivity index (χ0n) is 10.4. The van der Waals surface area contributed by atoms with E-state index in [4.69, 9.17) is 9.47 Å². The van der Waals surface area contributed by atoms with Crippen LogP contribution in [-0.4, -0.2) is 19.8 Å². The molecule has 0 spiro atoms. The molecule has 17 heavy (non-hydrogen) atoms. The maximum atomic E-state index is 5.64. The Morgan fingerprint density at radius 2 is 1.88 bits per heavy atom. The predicted molar refractivity (Wildman–Crippen MR) is 68.9 cm³/mol. The summed E-state index contributed by atoms with van der Waals surface area (Å²) in [5, 5.41) is 0. The molecule has 0 bridgehead atoms. The molecule has 2 rings (SSSR count). The van der Waals surface area contributed by atoms with Gasteiger partial charge in [0.15, 0.2) is 0 Å². The predicted octanol–water partition coefficient (Wildman–Crippen LogP) is 3.41. The highest BCUT2D eigenvalue weighted by atomic mass is 16.5. The molecule has 1 heterocycles. The van der Waals surface area contributed by atoms with Crippen molar-refractivity contribution in [3.63, 3.8) is 0 Å². The maximum Gasteiger partial charge on any atom is 0.0716 e. The number of unbranched alkanes of at least 4 members (excludes halogenated alkanes) is 2. The van der Waals surface area contributed by atoms with Crippen molar-refractivity contribution in [2.75, 3.05) is 19.8 Å². The first-order chi connectivity index (χ1) is 8.45. The van der Waals surface area contributed by atoms with Gasteiger partial charge in [-0.1, -0.05) is 43.2 Å². The van der Waals surface area contributed by atoms with Crippen LogP contribution in [0.4, 0.5) is 0 Å². The van der Waals surface area contributed by atoms with Gasteiger partial charge in [0, 0.05) is 12.5 Å². The van der Waals surface area contributed by atoms with Crippen molar-refractivity contribution in [1.29, 1.82) is 0 Å². The van der Waals surface area contributed by atoms with E-state index in [0.29, 0.717) is 0 Å². The Hall–Kier alpha value is -0.860. The van der Waals surface area contributed by atoms with Crippen molar-refractivity contribution >= 4 is 0 Å². The average molecular weight is 234 g/mol. The van der Waals surface area contributed by atoms with E-state index in [1.807, 2.05) is 6.07 Å². The Morgan fingerprint density at radius 3 is 2.59 bits per heavy atom. The summed E-state index contributed by atoms with van der Waals surface area (Å²) in [5.41, 5.74) is 1.26. The fraction of sp³-hybridized carbons (Fsp3) is 0.600. The summed E-state index contributed by atoms with van der Waals surface area (Å²) < 4.78 is 10.8. The SMILES string of the molecule is c1ccc(COCCCCCC2COC2)cc1. The lowest BCUT2D eigenvalue weighted by Crippen LogP contribution is -2.27. The molecule has 1 aromatic rings. The van der Waals surface area contributed by atoms with E-state index < -0.39 is 0 Å². The molecule has 0 unspecified atom stereocenters. The van der Waals surface area contributed by atoms with Crippen LogP contribution in [0.3, 0.4) is 0 Å². The Bertz CT molecular complexity index is 293. The molecular formula is C15H22O2. The smallest absolute Gasteiger partial charge is 0.0716 e. The van der Waals surface area contributed by atoms with Gasteiger partial charge >= 0.3 is 0 Å². The number of ether oxygens (including phenoxy) is 2. The van der Waals surface area contributed by atoms with Crippen molar-refractivity contribution in [2.24, 2.45) is 5.92 Å². The van der Waals surface area contributed by atoms with Gasteiger partial charge < -0.3 is 9.47 Å². The second kappa shape index (κ2) is 7.46. The lowest BCUT2D eigenvalue weighted by molar-refractivity contribution is -0.0366. The van der Waals surface area contributed by atoms with Gasteiger partial charge in [-0.3, -0.25) is 0 Å². The fourth-order valence-electron chi connectivity index (χ4n) is 2.03. The monoisotopic (exact) mass is 234 g/mol. The zero-order chi connectivity index (χ0) is 11.8. The third-order valence-corrected chi connectivity index (χ3v) is 3.22. The highest BCUT2D eigenvalue weighted by molar-refractivity contribution is 5.13. The van der Waals surface area contributed by atoms with E-state index in [9.17, 15) is 0 Å². The van der Waals surface area contributed by atoms with E-state index in [-0.39, 0.29) is 0 Å². The van der Waals surface area contributed by atoms with Crippen molar-refractivity contribution in [2.45, 2.75) is 32.3 Å². The van der Waals surface area contributed by atoms with Gasteiger partial charge in [0.25, 0.3) is 0 Å². The van der Waals surface area contributed by atoms with Gasteiger partial charge in [-0.25, -0.2) is 0 Å². The van der Waals surface area contributed by atoms with Crippen LogP contribution in [0.25, 0.3) is 0 Å². The van der Waals surface area contributed by atoms with E-state index in [1.165, 1.54) is 31.2 Å². The minimum atomic E-state index is 0.747. The van der Waals surface area contributed by atoms with Crippen LogP contribution in [0, 0.1) is 5.92 Å². The van der Waals surface area contributed by atoms with Crippen molar-refractivity contribution in [3.05, 3.63) is 35.9 Å². The molecular weight excluding hydrogens is 212 g/mol. The summed E-state index contributed by atoms with van der Waals surface area (Å²) >= 11 is 0. The first kappa shape index (κ1) is 12.6. The molecule has 1 aliphatic rings. The third-order valence-electron chi connectivity index (χ3n) is 3.22. The second-order valence-corrected chi connectivity index (χ2v) is 4.79. The average Bonchev–Trinajstić information content (AvgIpc) is 2.31. The molecule has 94 valence electrons. The minimum Gasteiger partial charge on any atom is -0.381 e. The van der Waals surface area contributed by atoms with Gasteiger partial charge in [-0.05, 0) is 18.4 Å². The molecule has 0 amide bonds. The van der Waals surface area contributed by atoms with Gasteiger partial charge in [0.05, 0.1) is 19.8 Å². The lowest BCUT2D eigenvalue weighted by atomic mass is 10.00. The fourth-order valence-corrected chi connectivity index (χ4v) is 2.03. The van der Waals surface area contributed by atoms with Gasteiger partial charge in [0.1, 0.15) is 0 Å². The summed E-state index contributed by atoms with van der Waals surface area (Å²) in [5.74, 6) is 0.847. The van der Waals surface area contributed by atoms with Gasteiger partial charge in [-0.15, -0.1) is 0 Å². The summed E-state index contributed by atoms with van der Waals surface area (Å²) in [6, 6.07) is 10.4. The molecule has 1 saturated heterocycles. The Balaban J connectivity index is 1.41. The third kappa shape index (κ3) is 4.88. The van der Waals surface area contributed by atoms with E-state index in [1.54, 1.807) is 0 Å². The molecule has 0 saturated carbocycles. The van der Waals surface area contributed by atoms with Crippen LogP contribution < -0.4 is 0 Å². The first-order valence-electron chi connectivity index (χ1n) is 6.64. The highest BCUT2D eigenvalue weighted by Gasteiger charge is 2.16. The van der Waals surface area contributed by atoms with Crippen LogP contribution in [0.1, 0.15) is 31.2 Å². The minimum absolute atomic E-state index is 0.747. The van der Waals surface area contributed by atoms with Crippen molar-refractivity contribution in [1.82, 2.24) is 0 Å². The number of hydrogen-bond acceptors (Lipinski definition) is 2. The molecule has 1 aliphatic heterocycles. The van der Waals surface area contributed by atoms with Crippen molar-refractivity contribution in [3.8, 4) is 0 Å². The first-order valence-corrected chi connectivity index (χ1v) is 6.64. The molecule has 1 fully saturated rings. The zero-order valence-corrected chi connectivity index (χ0v) is 10.4. The van der Waals surface area contributed by atoms with Crippen LogP contribution >= 0.6 is 0 Å². The standard InChI is InChI=1S/C15H22O2/c1-3-7-14(8-4-1)11-16-10-6-2-5-9-15-12-17-13-15/h1,3-4,7-8,15H,2,5-6,9-13H2. The van der Waals surface area contributed by atoms with Crippen LogP contribution in [0.5, 0.6) is 0 Å². The summed E-state index contributed by atoms with van der Waals surface area (Å²) in [7, 11) is 0. The number of hydrogen-bond donors (Lipinski definition) is 0. The molecule has 0 aliphatic carbocycles. The highest BCUT2D eigenvalue weighted by Crippen LogP contribution is 2.17. The largest absolute Gasteiger partial charge is 0.381 e. The second-order valence-electron chi connectivity index (χ2n) is 4.79. The van der Waals surface area contributed by atoms with Crippen LogP contribution in [0.15, 0.2) is 30.3 Å². The van der Waals surface area contributed by atoms with Crippen molar-refractivity contribution < 1.29 is 9.47 Å².